The summed E-state index contributed by atoms with van der Waals surface area (Å²) in [5.74, 6) is 2.16. The molecule has 0 heterocycles. The summed E-state index contributed by atoms with van der Waals surface area (Å²) >= 11 is 0. The van der Waals surface area contributed by atoms with Crippen LogP contribution in [0.25, 0.3) is 0 Å². The van der Waals surface area contributed by atoms with Crippen molar-refractivity contribution in [1.82, 2.24) is 0 Å². The van der Waals surface area contributed by atoms with Gasteiger partial charge >= 0.3 is 5.60 Å². The van der Waals surface area contributed by atoms with E-state index in [0.29, 0.717) is 0 Å². The molecule has 0 saturated carbocycles. The van der Waals surface area contributed by atoms with E-state index in [-0.39, 0.29) is 0 Å². The molecule has 0 radical (unpaired) electrons. The maximum Gasteiger partial charge on any atom is 0.372 e. The van der Waals surface area contributed by atoms with Gasteiger partial charge in [-0.05, 0) is 36.4 Å². The lowest BCUT2D eigenvalue weighted by Gasteiger charge is -2.34. The van der Waals surface area contributed by atoms with Crippen LogP contribution in [0.3, 0.4) is 0 Å². The monoisotopic (exact) mass is 336 g/mol. The number of hydrogen-bond donors (Lipinski definition) is 0. The minimum Gasteiger partial charge on any atom is -0.426 e. The molecule has 3 rings (SSSR count). The third-order valence-corrected chi connectivity index (χ3v) is 4.78. The summed E-state index contributed by atoms with van der Waals surface area (Å²) in [5.41, 5.74) is -1.11. The molecule has 0 fully saturated rings. The highest BCUT2D eigenvalue weighted by Crippen LogP contribution is 2.26. The first kappa shape index (κ1) is 16.1. The molecule has 0 saturated heterocycles. The molecule has 0 spiro atoms. The maximum absolute atomic E-state index is 6.18. The fourth-order valence-corrected chi connectivity index (χ4v) is 3.22. The van der Waals surface area contributed by atoms with Crippen molar-refractivity contribution in [2.75, 3.05) is 0 Å². The van der Waals surface area contributed by atoms with Gasteiger partial charge in [-0.1, -0.05) is 61.1 Å². The van der Waals surface area contributed by atoms with Crippen molar-refractivity contribution in [2.24, 2.45) is 0 Å². The second kappa shape index (κ2) is 7.70. The van der Waals surface area contributed by atoms with E-state index in [2.05, 4.69) is 6.55 Å². The molecule has 4 heteroatoms. The van der Waals surface area contributed by atoms with E-state index in [0.717, 1.165) is 17.2 Å². The van der Waals surface area contributed by atoms with Gasteiger partial charge in [0.1, 0.15) is 17.2 Å². The third kappa shape index (κ3) is 4.17. The van der Waals surface area contributed by atoms with E-state index in [4.69, 9.17) is 14.2 Å². The number of ether oxygens (including phenoxy) is 3. The topological polar surface area (TPSA) is 27.7 Å². The summed E-state index contributed by atoms with van der Waals surface area (Å²) in [7, 11) is -0.877. The summed E-state index contributed by atoms with van der Waals surface area (Å²) in [6.45, 7) is 2.11. The second-order valence-corrected chi connectivity index (χ2v) is 6.86. The summed E-state index contributed by atoms with van der Waals surface area (Å²) in [6, 6.07) is 28.9. The molecule has 0 aliphatic rings. The molecular weight excluding hydrogens is 316 g/mol. The number of benzene rings is 3. The summed E-state index contributed by atoms with van der Waals surface area (Å²) in [6.07, 6.45) is 0. The van der Waals surface area contributed by atoms with E-state index in [1.165, 1.54) is 0 Å². The van der Waals surface area contributed by atoms with Gasteiger partial charge in [-0.3, -0.25) is 0 Å². The molecule has 122 valence electrons. The molecule has 24 heavy (non-hydrogen) atoms. The molecule has 3 nitrogen and oxygen atoms in total. The van der Waals surface area contributed by atoms with Gasteiger partial charge < -0.3 is 14.2 Å². The highest BCUT2D eigenvalue weighted by Gasteiger charge is 2.36. The average molecular weight is 336 g/mol. The SMILES string of the molecule is C[SiH2]C(Oc1ccccc1)(Oc1ccccc1)Oc1ccccc1. The van der Waals surface area contributed by atoms with Gasteiger partial charge in [0, 0.05) is 0 Å². The first-order chi connectivity index (χ1) is 11.8. The Morgan fingerprint density at radius 2 is 0.833 bits per heavy atom. The lowest BCUT2D eigenvalue weighted by atomic mass is 10.3. The van der Waals surface area contributed by atoms with Crippen LogP contribution in [0, 0.1) is 0 Å². The van der Waals surface area contributed by atoms with Gasteiger partial charge in [0.15, 0.2) is 9.52 Å². The van der Waals surface area contributed by atoms with Crippen molar-refractivity contribution in [3.63, 3.8) is 0 Å². The first-order valence-electron chi connectivity index (χ1n) is 8.02. The van der Waals surface area contributed by atoms with Crippen LogP contribution in [0.2, 0.25) is 6.55 Å². The molecule has 0 aliphatic carbocycles. The predicted molar refractivity (Wildman–Crippen MR) is 98.3 cm³/mol. The van der Waals surface area contributed by atoms with Crippen molar-refractivity contribution < 1.29 is 14.2 Å². The van der Waals surface area contributed by atoms with Crippen LogP contribution in [0.4, 0.5) is 0 Å². The first-order valence-corrected chi connectivity index (χ1v) is 10.1. The summed E-state index contributed by atoms with van der Waals surface area (Å²) in [5, 5.41) is 0. The highest BCUT2D eigenvalue weighted by molar-refractivity contribution is 6.36. The van der Waals surface area contributed by atoms with Crippen molar-refractivity contribution in [2.45, 2.75) is 12.1 Å². The fourth-order valence-electron chi connectivity index (χ4n) is 2.28. The van der Waals surface area contributed by atoms with Crippen LogP contribution in [0.15, 0.2) is 91.0 Å². The molecule has 0 N–H and O–H groups in total. The molecule has 0 unspecified atom stereocenters. The van der Waals surface area contributed by atoms with Crippen LogP contribution in [-0.4, -0.2) is 15.1 Å². The molecule has 0 amide bonds. The van der Waals surface area contributed by atoms with Gasteiger partial charge in [0.05, 0.1) is 0 Å². The Labute approximate surface area is 144 Å². The zero-order valence-electron chi connectivity index (χ0n) is 13.6. The minimum absolute atomic E-state index is 0.721. The van der Waals surface area contributed by atoms with Crippen LogP contribution in [-0.2, 0) is 0 Å². The molecular formula is C20H20O3Si. The number of para-hydroxylation sites is 3. The Bertz CT molecular complexity index is 631. The Morgan fingerprint density at radius 1 is 0.542 bits per heavy atom. The zero-order valence-corrected chi connectivity index (χ0v) is 15.0. The third-order valence-electron chi connectivity index (χ3n) is 3.48. The van der Waals surface area contributed by atoms with E-state index < -0.39 is 15.1 Å². The Hall–Kier alpha value is -2.72. The minimum atomic E-state index is -1.11. The standard InChI is InChI=1S/C20H20O3Si/c1-24-20(21-17-11-5-2-6-12-17,22-18-13-7-3-8-14-18)23-19-15-9-4-10-16-19/h2-16H,24H2,1H3. The van der Waals surface area contributed by atoms with Gasteiger partial charge in [-0.2, -0.15) is 0 Å². The Morgan fingerprint density at radius 3 is 1.08 bits per heavy atom. The maximum atomic E-state index is 6.18. The van der Waals surface area contributed by atoms with Crippen LogP contribution >= 0.6 is 0 Å². The lowest BCUT2D eigenvalue weighted by Crippen LogP contribution is -2.52. The molecule has 3 aromatic rings. The van der Waals surface area contributed by atoms with Gasteiger partial charge in [0.2, 0.25) is 0 Å². The quantitative estimate of drug-likeness (QED) is 0.481. The largest absolute Gasteiger partial charge is 0.426 e. The average Bonchev–Trinajstić information content (AvgIpc) is 2.64. The van der Waals surface area contributed by atoms with Crippen molar-refractivity contribution >= 4 is 9.52 Å². The number of hydrogen-bond acceptors (Lipinski definition) is 3. The van der Waals surface area contributed by atoms with Gasteiger partial charge in [0.25, 0.3) is 0 Å². The molecule has 0 aromatic heterocycles. The van der Waals surface area contributed by atoms with Gasteiger partial charge in [-0.25, -0.2) is 0 Å². The van der Waals surface area contributed by atoms with Crippen LogP contribution < -0.4 is 14.2 Å². The summed E-state index contributed by atoms with van der Waals surface area (Å²) < 4.78 is 18.5. The molecule has 3 aromatic carbocycles. The van der Waals surface area contributed by atoms with Crippen molar-refractivity contribution in [3.05, 3.63) is 91.0 Å². The van der Waals surface area contributed by atoms with Crippen molar-refractivity contribution in [1.29, 1.82) is 0 Å². The van der Waals surface area contributed by atoms with Gasteiger partial charge in [-0.15, -0.1) is 0 Å². The normalized spacial score (nSPS) is 11.4. The predicted octanol–water partition coefficient (Wildman–Crippen LogP) is 4.05. The summed E-state index contributed by atoms with van der Waals surface area (Å²) in [4.78, 5) is 0. The lowest BCUT2D eigenvalue weighted by molar-refractivity contribution is -0.186. The molecule has 0 atom stereocenters. The highest BCUT2D eigenvalue weighted by atomic mass is 28.2. The van der Waals surface area contributed by atoms with Crippen molar-refractivity contribution in [3.8, 4) is 17.2 Å². The Kier molecular flexibility index (Phi) is 5.18. The van der Waals surface area contributed by atoms with E-state index in [9.17, 15) is 0 Å². The second-order valence-electron chi connectivity index (χ2n) is 5.28. The zero-order chi connectivity index (χ0) is 16.7. The van der Waals surface area contributed by atoms with E-state index >= 15 is 0 Å². The van der Waals surface area contributed by atoms with Crippen LogP contribution in [0.5, 0.6) is 17.2 Å². The van der Waals surface area contributed by atoms with E-state index in [1.54, 1.807) is 0 Å². The molecule has 0 aliphatic heterocycles. The smallest absolute Gasteiger partial charge is 0.372 e. The molecule has 0 bridgehead atoms. The van der Waals surface area contributed by atoms with E-state index in [1.807, 2.05) is 91.0 Å². The fraction of sp³-hybridized carbons (Fsp3) is 0.100. The van der Waals surface area contributed by atoms with Crippen LogP contribution in [0.1, 0.15) is 0 Å². The number of rotatable bonds is 7. The Balaban J connectivity index is 1.91.